The Bertz CT molecular complexity index is 563. The summed E-state index contributed by atoms with van der Waals surface area (Å²) in [5, 5.41) is 3.29. The highest BCUT2D eigenvalue weighted by Crippen LogP contribution is 2.33. The number of halogens is 2. The molecule has 4 heteroatoms. The molecule has 18 heavy (non-hydrogen) atoms. The summed E-state index contributed by atoms with van der Waals surface area (Å²) in [6.07, 6.45) is 0. The van der Waals surface area contributed by atoms with Crippen LogP contribution in [-0.2, 0) is 0 Å². The van der Waals surface area contributed by atoms with Crippen LogP contribution in [0.2, 0.25) is 0 Å². The molecule has 0 fully saturated rings. The quantitative estimate of drug-likeness (QED) is 0.842. The van der Waals surface area contributed by atoms with Gasteiger partial charge in [-0.2, -0.15) is 0 Å². The van der Waals surface area contributed by atoms with Crippen molar-refractivity contribution in [3.8, 4) is 0 Å². The molecule has 0 amide bonds. The second kappa shape index (κ2) is 5.59. The first-order valence-electron chi connectivity index (χ1n) is 5.72. The van der Waals surface area contributed by atoms with E-state index in [-0.39, 0.29) is 6.04 Å². The van der Waals surface area contributed by atoms with E-state index in [2.05, 4.69) is 56.2 Å². The molecule has 0 saturated heterocycles. The molecule has 0 saturated carbocycles. The normalized spacial score (nSPS) is 12.7. The Hall–Kier alpha value is -0.580. The predicted molar refractivity (Wildman–Crippen MR) is 80.9 cm³/mol. The number of benzene rings is 1. The van der Waals surface area contributed by atoms with Gasteiger partial charge in [0.1, 0.15) is 11.5 Å². The fraction of sp³-hybridized carbons (Fsp3) is 0.286. The SMILES string of the molecule is CNC(c1ccc(C)o1)c1cc(Br)c(C)cc1Br. The Kier molecular flexibility index (Phi) is 4.30. The first kappa shape index (κ1) is 13.8. The minimum atomic E-state index is 0.0463. The van der Waals surface area contributed by atoms with Crippen molar-refractivity contribution in [2.24, 2.45) is 0 Å². The van der Waals surface area contributed by atoms with Crippen molar-refractivity contribution in [3.63, 3.8) is 0 Å². The smallest absolute Gasteiger partial charge is 0.125 e. The minimum Gasteiger partial charge on any atom is -0.464 e. The molecule has 1 atom stereocenters. The third-order valence-electron chi connectivity index (χ3n) is 2.92. The molecule has 0 radical (unpaired) electrons. The monoisotopic (exact) mass is 371 g/mol. The van der Waals surface area contributed by atoms with Gasteiger partial charge in [0.25, 0.3) is 0 Å². The Balaban J connectivity index is 2.48. The van der Waals surface area contributed by atoms with E-state index >= 15 is 0 Å². The molecule has 2 nitrogen and oxygen atoms in total. The maximum absolute atomic E-state index is 5.72. The van der Waals surface area contributed by atoms with Crippen LogP contribution >= 0.6 is 31.9 Å². The van der Waals surface area contributed by atoms with Gasteiger partial charge in [-0.3, -0.25) is 0 Å². The van der Waals surface area contributed by atoms with Crippen LogP contribution in [0.25, 0.3) is 0 Å². The van der Waals surface area contributed by atoms with E-state index < -0.39 is 0 Å². The highest BCUT2D eigenvalue weighted by Gasteiger charge is 2.19. The summed E-state index contributed by atoms with van der Waals surface area (Å²) in [5.74, 6) is 1.85. The lowest BCUT2D eigenvalue weighted by molar-refractivity contribution is 0.443. The summed E-state index contributed by atoms with van der Waals surface area (Å²) in [6.45, 7) is 4.03. The third-order valence-corrected chi connectivity index (χ3v) is 4.46. The molecule has 96 valence electrons. The molecule has 2 aromatic rings. The fourth-order valence-electron chi connectivity index (χ4n) is 1.94. The largest absolute Gasteiger partial charge is 0.464 e. The molecule has 0 aliphatic heterocycles. The van der Waals surface area contributed by atoms with Crippen LogP contribution in [0, 0.1) is 13.8 Å². The number of furan rings is 1. The topological polar surface area (TPSA) is 25.2 Å². The highest BCUT2D eigenvalue weighted by atomic mass is 79.9. The molecular weight excluding hydrogens is 358 g/mol. The van der Waals surface area contributed by atoms with Gasteiger partial charge in [-0.15, -0.1) is 0 Å². The zero-order chi connectivity index (χ0) is 13.3. The van der Waals surface area contributed by atoms with Crippen LogP contribution in [0.15, 0.2) is 37.6 Å². The first-order valence-corrected chi connectivity index (χ1v) is 7.30. The summed E-state index contributed by atoms with van der Waals surface area (Å²) in [7, 11) is 1.93. The van der Waals surface area contributed by atoms with Gasteiger partial charge in [0.05, 0.1) is 6.04 Å². The minimum absolute atomic E-state index is 0.0463. The maximum atomic E-state index is 5.72. The fourth-order valence-corrected chi connectivity index (χ4v) is 2.99. The molecule has 1 heterocycles. The lowest BCUT2D eigenvalue weighted by Crippen LogP contribution is -2.17. The Morgan fingerprint density at radius 1 is 1.11 bits per heavy atom. The van der Waals surface area contributed by atoms with Gasteiger partial charge in [-0.25, -0.2) is 0 Å². The van der Waals surface area contributed by atoms with Gasteiger partial charge in [0.15, 0.2) is 0 Å². The third kappa shape index (κ3) is 2.71. The molecule has 0 spiro atoms. The van der Waals surface area contributed by atoms with Crippen LogP contribution < -0.4 is 5.32 Å². The van der Waals surface area contributed by atoms with Crippen molar-refractivity contribution in [3.05, 3.63) is 55.9 Å². The molecule has 0 bridgehead atoms. The summed E-state index contributed by atoms with van der Waals surface area (Å²) in [6, 6.07) is 8.27. The molecule has 0 aliphatic rings. The second-order valence-electron chi connectivity index (χ2n) is 4.29. The van der Waals surface area contributed by atoms with Crippen molar-refractivity contribution >= 4 is 31.9 Å². The molecular formula is C14H15Br2NO. The van der Waals surface area contributed by atoms with Gasteiger partial charge in [0, 0.05) is 8.95 Å². The Morgan fingerprint density at radius 3 is 2.39 bits per heavy atom. The number of hydrogen-bond acceptors (Lipinski definition) is 2. The van der Waals surface area contributed by atoms with Crippen LogP contribution in [0.1, 0.15) is 28.7 Å². The van der Waals surface area contributed by atoms with E-state index in [1.165, 1.54) is 5.56 Å². The number of hydrogen-bond donors (Lipinski definition) is 1. The van der Waals surface area contributed by atoms with Gasteiger partial charge in [-0.05, 0) is 56.3 Å². The van der Waals surface area contributed by atoms with E-state index in [1.807, 2.05) is 26.1 Å². The summed E-state index contributed by atoms with van der Waals surface area (Å²) >= 11 is 7.20. The van der Waals surface area contributed by atoms with Gasteiger partial charge in [0.2, 0.25) is 0 Å². The average Bonchev–Trinajstić information content (AvgIpc) is 2.73. The van der Waals surface area contributed by atoms with Crippen molar-refractivity contribution in [2.75, 3.05) is 7.05 Å². The zero-order valence-corrected chi connectivity index (χ0v) is 13.7. The summed E-state index contributed by atoms with van der Waals surface area (Å²) < 4.78 is 7.90. The van der Waals surface area contributed by atoms with E-state index in [0.29, 0.717) is 0 Å². The van der Waals surface area contributed by atoms with Gasteiger partial charge in [-0.1, -0.05) is 31.9 Å². The van der Waals surface area contributed by atoms with Gasteiger partial charge >= 0.3 is 0 Å². The number of rotatable bonds is 3. The molecule has 2 rings (SSSR count). The Morgan fingerprint density at radius 2 is 1.83 bits per heavy atom. The van der Waals surface area contributed by atoms with Crippen LogP contribution in [0.3, 0.4) is 0 Å². The van der Waals surface area contributed by atoms with Crippen molar-refractivity contribution < 1.29 is 4.42 Å². The van der Waals surface area contributed by atoms with E-state index in [0.717, 1.165) is 26.0 Å². The average molecular weight is 373 g/mol. The van der Waals surface area contributed by atoms with Crippen molar-refractivity contribution in [1.82, 2.24) is 5.32 Å². The number of nitrogens with one attached hydrogen (secondary N) is 1. The second-order valence-corrected chi connectivity index (χ2v) is 6.00. The van der Waals surface area contributed by atoms with Crippen LogP contribution in [0.5, 0.6) is 0 Å². The highest BCUT2D eigenvalue weighted by molar-refractivity contribution is 9.11. The number of aryl methyl sites for hydroxylation is 2. The Labute approximate surface area is 124 Å². The lowest BCUT2D eigenvalue weighted by Gasteiger charge is -2.17. The zero-order valence-electron chi connectivity index (χ0n) is 10.6. The standard InChI is InChI=1S/C14H15Br2NO/c1-8-6-12(16)10(7-11(8)15)14(17-3)13-5-4-9(2)18-13/h4-7,14,17H,1-3H3. The van der Waals surface area contributed by atoms with Gasteiger partial charge < -0.3 is 9.73 Å². The van der Waals surface area contributed by atoms with Crippen molar-refractivity contribution in [1.29, 1.82) is 0 Å². The molecule has 1 aromatic heterocycles. The lowest BCUT2D eigenvalue weighted by atomic mass is 10.0. The summed E-state index contributed by atoms with van der Waals surface area (Å²) in [5.41, 5.74) is 2.36. The van der Waals surface area contributed by atoms with Crippen LogP contribution in [-0.4, -0.2) is 7.05 Å². The molecule has 1 unspecified atom stereocenters. The predicted octanol–water partition coefficient (Wildman–Crippen LogP) is 4.73. The first-order chi connectivity index (χ1) is 8.52. The van der Waals surface area contributed by atoms with Crippen molar-refractivity contribution in [2.45, 2.75) is 19.9 Å². The van der Waals surface area contributed by atoms with Crippen LogP contribution in [0.4, 0.5) is 0 Å². The molecule has 1 N–H and O–H groups in total. The molecule has 0 aliphatic carbocycles. The summed E-state index contributed by atoms with van der Waals surface area (Å²) in [4.78, 5) is 0. The van der Waals surface area contributed by atoms with E-state index in [9.17, 15) is 0 Å². The molecule has 1 aromatic carbocycles. The van der Waals surface area contributed by atoms with E-state index in [4.69, 9.17) is 4.42 Å². The maximum Gasteiger partial charge on any atom is 0.125 e. The van der Waals surface area contributed by atoms with E-state index in [1.54, 1.807) is 0 Å².